The van der Waals surface area contributed by atoms with E-state index in [4.69, 9.17) is 11.6 Å². The van der Waals surface area contributed by atoms with Gasteiger partial charge in [0.05, 0.1) is 5.69 Å². The Bertz CT molecular complexity index is 352. The van der Waals surface area contributed by atoms with Gasteiger partial charge in [-0.2, -0.15) is 0 Å². The van der Waals surface area contributed by atoms with Crippen LogP contribution in [0.3, 0.4) is 0 Å². The zero-order valence-electron chi connectivity index (χ0n) is 10.3. The fourth-order valence-corrected chi connectivity index (χ4v) is 2.46. The number of hydrogen-bond donors (Lipinski definition) is 0. The maximum atomic E-state index is 5.81. The molecule has 1 aromatic carbocycles. The fraction of sp³-hybridized carbons (Fsp3) is 0.538. The van der Waals surface area contributed by atoms with Gasteiger partial charge in [-0.15, -0.1) is 11.6 Å². The van der Waals surface area contributed by atoms with E-state index in [1.165, 1.54) is 5.69 Å². The third-order valence-electron chi connectivity index (χ3n) is 3.12. The van der Waals surface area contributed by atoms with Gasteiger partial charge in [-0.1, -0.05) is 19.9 Å². The van der Waals surface area contributed by atoms with E-state index < -0.39 is 0 Å². The van der Waals surface area contributed by atoms with E-state index in [9.17, 15) is 0 Å². The highest BCUT2D eigenvalue weighted by Crippen LogP contribution is 2.29. The van der Waals surface area contributed by atoms with E-state index in [0.717, 1.165) is 10.0 Å². The first kappa shape index (κ1) is 13.9. The molecule has 0 fully saturated rings. The molecule has 0 N–H and O–H groups in total. The molecule has 0 saturated carbocycles. The smallest absolute Gasteiger partial charge is 0.0510 e. The normalized spacial score (nSPS) is 12.9. The largest absolute Gasteiger partial charge is 0.371 e. The lowest BCUT2D eigenvalue weighted by atomic mass is 10.0. The molecule has 3 heteroatoms. The minimum atomic E-state index is 0.512. The van der Waals surface area contributed by atoms with Gasteiger partial charge in [0.15, 0.2) is 0 Å². The molecule has 0 aliphatic rings. The van der Waals surface area contributed by atoms with Crippen molar-refractivity contribution in [3.8, 4) is 0 Å². The predicted molar refractivity (Wildman–Crippen MR) is 76.4 cm³/mol. The van der Waals surface area contributed by atoms with Gasteiger partial charge in [0.25, 0.3) is 0 Å². The van der Waals surface area contributed by atoms with Gasteiger partial charge in [-0.3, -0.25) is 0 Å². The first-order valence-corrected chi connectivity index (χ1v) is 6.87. The number of benzene rings is 1. The van der Waals surface area contributed by atoms with Crippen molar-refractivity contribution in [3.05, 3.63) is 28.2 Å². The molecule has 0 aromatic heterocycles. The SMILES string of the molecule is CC(C)C(C)N(C)c1ccc(CCl)cc1Br. The van der Waals surface area contributed by atoms with Gasteiger partial charge >= 0.3 is 0 Å². The summed E-state index contributed by atoms with van der Waals surface area (Å²) in [7, 11) is 2.13. The number of hydrogen-bond acceptors (Lipinski definition) is 1. The number of halogens is 2. The van der Waals surface area contributed by atoms with Crippen molar-refractivity contribution in [2.75, 3.05) is 11.9 Å². The summed E-state index contributed by atoms with van der Waals surface area (Å²) in [6.45, 7) is 6.72. The molecule has 0 heterocycles. The maximum Gasteiger partial charge on any atom is 0.0510 e. The predicted octanol–water partition coefficient (Wildman–Crippen LogP) is 4.67. The molecular weight excluding hydrogens is 286 g/mol. The lowest BCUT2D eigenvalue weighted by Crippen LogP contribution is -2.33. The summed E-state index contributed by atoms with van der Waals surface area (Å²) in [6, 6.07) is 6.81. The van der Waals surface area contributed by atoms with Crippen molar-refractivity contribution in [3.63, 3.8) is 0 Å². The van der Waals surface area contributed by atoms with Gasteiger partial charge in [-0.05, 0) is 46.5 Å². The summed E-state index contributed by atoms with van der Waals surface area (Å²) in [5.74, 6) is 1.19. The molecule has 0 aliphatic carbocycles. The first-order chi connectivity index (χ1) is 7.47. The quantitative estimate of drug-likeness (QED) is 0.731. The summed E-state index contributed by atoms with van der Waals surface area (Å²) in [5.41, 5.74) is 2.36. The second-order valence-electron chi connectivity index (χ2n) is 4.51. The van der Waals surface area contributed by atoms with Gasteiger partial charge in [-0.25, -0.2) is 0 Å². The molecule has 0 radical (unpaired) electrons. The van der Waals surface area contributed by atoms with Crippen LogP contribution in [0.4, 0.5) is 5.69 Å². The molecule has 1 aromatic rings. The standard InChI is InChI=1S/C13H19BrClN/c1-9(2)10(3)16(4)13-6-5-11(8-15)7-12(13)14/h5-7,9-10H,8H2,1-4H3. The van der Waals surface area contributed by atoms with Crippen LogP contribution in [0.5, 0.6) is 0 Å². The summed E-state index contributed by atoms with van der Waals surface area (Å²) in [5, 5.41) is 0. The van der Waals surface area contributed by atoms with E-state index in [-0.39, 0.29) is 0 Å². The zero-order valence-corrected chi connectivity index (χ0v) is 12.6. The van der Waals surface area contributed by atoms with Gasteiger partial charge in [0, 0.05) is 23.4 Å². The molecular formula is C13H19BrClN. The van der Waals surface area contributed by atoms with Crippen LogP contribution in [0.1, 0.15) is 26.3 Å². The van der Waals surface area contributed by atoms with E-state index in [1.807, 2.05) is 0 Å². The number of rotatable bonds is 4. The third-order valence-corrected chi connectivity index (χ3v) is 4.07. The minimum Gasteiger partial charge on any atom is -0.371 e. The van der Waals surface area contributed by atoms with Crippen LogP contribution in [0, 0.1) is 5.92 Å². The topological polar surface area (TPSA) is 3.24 Å². The van der Waals surface area contributed by atoms with Crippen LogP contribution in [-0.4, -0.2) is 13.1 Å². The van der Waals surface area contributed by atoms with Crippen LogP contribution >= 0.6 is 27.5 Å². The lowest BCUT2D eigenvalue weighted by molar-refractivity contribution is 0.505. The molecule has 1 rings (SSSR count). The van der Waals surface area contributed by atoms with Crippen molar-refractivity contribution in [1.29, 1.82) is 0 Å². The Balaban J connectivity index is 2.96. The monoisotopic (exact) mass is 303 g/mol. The molecule has 0 saturated heterocycles. The van der Waals surface area contributed by atoms with E-state index in [1.54, 1.807) is 0 Å². The average Bonchev–Trinajstić information content (AvgIpc) is 2.26. The average molecular weight is 305 g/mol. The molecule has 0 spiro atoms. The van der Waals surface area contributed by atoms with Crippen LogP contribution in [0.2, 0.25) is 0 Å². The second-order valence-corrected chi connectivity index (χ2v) is 5.64. The van der Waals surface area contributed by atoms with Crippen LogP contribution in [0.25, 0.3) is 0 Å². The molecule has 1 atom stereocenters. The fourth-order valence-electron chi connectivity index (χ4n) is 1.59. The molecule has 1 nitrogen and oxygen atoms in total. The van der Waals surface area contributed by atoms with Gasteiger partial charge in [0.2, 0.25) is 0 Å². The van der Waals surface area contributed by atoms with Crippen LogP contribution in [-0.2, 0) is 5.88 Å². The molecule has 0 bridgehead atoms. The van der Waals surface area contributed by atoms with Crippen LogP contribution < -0.4 is 4.90 Å². The highest BCUT2D eigenvalue weighted by Gasteiger charge is 2.15. The van der Waals surface area contributed by atoms with Crippen molar-refractivity contribution in [1.82, 2.24) is 0 Å². The van der Waals surface area contributed by atoms with Crippen LogP contribution in [0.15, 0.2) is 22.7 Å². The Morgan fingerprint density at radius 1 is 1.31 bits per heavy atom. The Morgan fingerprint density at radius 2 is 1.94 bits per heavy atom. The second kappa shape index (κ2) is 5.92. The Kier molecular flexibility index (Phi) is 5.13. The first-order valence-electron chi connectivity index (χ1n) is 5.54. The van der Waals surface area contributed by atoms with Gasteiger partial charge in [0.1, 0.15) is 0 Å². The zero-order chi connectivity index (χ0) is 12.3. The number of nitrogens with zero attached hydrogens (tertiary/aromatic N) is 1. The lowest BCUT2D eigenvalue weighted by Gasteiger charge is -2.31. The Labute approximate surface area is 112 Å². The summed E-state index contributed by atoms with van der Waals surface area (Å²) >= 11 is 9.42. The molecule has 16 heavy (non-hydrogen) atoms. The third kappa shape index (κ3) is 3.14. The summed E-state index contributed by atoms with van der Waals surface area (Å²) in [6.07, 6.45) is 0. The highest BCUT2D eigenvalue weighted by molar-refractivity contribution is 9.10. The number of alkyl halides is 1. The molecule has 90 valence electrons. The maximum absolute atomic E-state index is 5.81. The molecule has 0 amide bonds. The Hall–Kier alpha value is -0.210. The highest BCUT2D eigenvalue weighted by atomic mass is 79.9. The minimum absolute atomic E-state index is 0.512. The molecule has 1 unspecified atom stereocenters. The van der Waals surface area contributed by atoms with Gasteiger partial charge < -0.3 is 4.90 Å². The summed E-state index contributed by atoms with van der Waals surface area (Å²) in [4.78, 5) is 2.30. The van der Waals surface area contributed by atoms with Crippen molar-refractivity contribution in [2.45, 2.75) is 32.7 Å². The number of anilines is 1. The van der Waals surface area contributed by atoms with Crippen molar-refractivity contribution < 1.29 is 0 Å². The van der Waals surface area contributed by atoms with E-state index in [0.29, 0.717) is 17.8 Å². The van der Waals surface area contributed by atoms with Crippen molar-refractivity contribution in [2.24, 2.45) is 5.92 Å². The van der Waals surface area contributed by atoms with E-state index in [2.05, 4.69) is 66.8 Å². The van der Waals surface area contributed by atoms with E-state index >= 15 is 0 Å². The van der Waals surface area contributed by atoms with Crippen molar-refractivity contribution >= 4 is 33.2 Å². The molecule has 0 aliphatic heterocycles. The Morgan fingerprint density at radius 3 is 2.38 bits per heavy atom. The summed E-state index contributed by atoms with van der Waals surface area (Å²) < 4.78 is 1.11.